The van der Waals surface area contributed by atoms with Gasteiger partial charge in [0.2, 0.25) is 0 Å². The highest BCUT2D eigenvalue weighted by Gasteiger charge is 2.49. The maximum absolute atomic E-state index is 14.4. The van der Waals surface area contributed by atoms with Crippen molar-refractivity contribution in [2.45, 2.75) is 32.0 Å². The number of benzene rings is 2. The summed E-state index contributed by atoms with van der Waals surface area (Å²) >= 11 is 5.55. The van der Waals surface area contributed by atoms with E-state index in [0.717, 1.165) is 5.56 Å². The number of hydrogen-bond donors (Lipinski definition) is 1. The Morgan fingerprint density at radius 3 is 2.88 bits per heavy atom. The zero-order chi connectivity index (χ0) is 17.6. The Balaban J connectivity index is 1.82. The molecule has 25 heavy (non-hydrogen) atoms. The standard InChI is InChI=1S/C19H19FN2O2S/c1-3-23-16-10-6-7-12-14-11-19(2,24-17(12)16)22(18(25)21-14)15-9-5-4-8-13(15)20/h4-10,14H,3,11H2,1-2H3,(H,21,25)/t14-,19+/m1/s1. The highest BCUT2D eigenvalue weighted by Crippen LogP contribution is 2.49. The first-order chi connectivity index (χ1) is 12.0. The first-order valence-electron chi connectivity index (χ1n) is 8.33. The first-order valence-corrected chi connectivity index (χ1v) is 8.74. The van der Waals surface area contributed by atoms with Crippen LogP contribution < -0.4 is 19.7 Å². The Kier molecular flexibility index (Phi) is 3.80. The van der Waals surface area contributed by atoms with Crippen molar-refractivity contribution in [2.24, 2.45) is 0 Å². The minimum atomic E-state index is -0.796. The number of para-hydroxylation sites is 2. The second kappa shape index (κ2) is 5.88. The molecule has 0 amide bonds. The first kappa shape index (κ1) is 16.1. The lowest BCUT2D eigenvalue weighted by atomic mass is 9.90. The molecular formula is C19H19FN2O2S. The van der Waals surface area contributed by atoms with E-state index in [0.29, 0.717) is 35.3 Å². The Labute approximate surface area is 151 Å². The normalized spacial score (nSPS) is 24.2. The third-order valence-electron chi connectivity index (χ3n) is 4.66. The van der Waals surface area contributed by atoms with Gasteiger partial charge < -0.3 is 14.8 Å². The van der Waals surface area contributed by atoms with Crippen LogP contribution in [0.1, 0.15) is 31.9 Å². The van der Waals surface area contributed by atoms with E-state index in [2.05, 4.69) is 5.32 Å². The third-order valence-corrected chi connectivity index (χ3v) is 4.96. The largest absolute Gasteiger partial charge is 0.490 e. The van der Waals surface area contributed by atoms with Crippen molar-refractivity contribution in [1.82, 2.24) is 5.32 Å². The van der Waals surface area contributed by atoms with Gasteiger partial charge in [-0.2, -0.15) is 0 Å². The van der Waals surface area contributed by atoms with Crippen LogP contribution in [0.15, 0.2) is 42.5 Å². The highest BCUT2D eigenvalue weighted by atomic mass is 32.1. The molecule has 0 aromatic heterocycles. The number of nitrogens with zero attached hydrogens (tertiary/aromatic N) is 1. The van der Waals surface area contributed by atoms with Gasteiger partial charge in [-0.05, 0) is 44.3 Å². The van der Waals surface area contributed by atoms with Crippen molar-refractivity contribution < 1.29 is 13.9 Å². The van der Waals surface area contributed by atoms with Crippen LogP contribution in [0.2, 0.25) is 0 Å². The maximum atomic E-state index is 14.4. The lowest BCUT2D eigenvalue weighted by Crippen LogP contribution is -2.65. The summed E-state index contributed by atoms with van der Waals surface area (Å²) in [6.45, 7) is 4.42. The molecule has 2 aliphatic heterocycles. The molecule has 0 unspecified atom stereocenters. The van der Waals surface area contributed by atoms with Crippen molar-refractivity contribution in [2.75, 3.05) is 11.5 Å². The molecule has 6 heteroatoms. The van der Waals surface area contributed by atoms with Gasteiger partial charge in [0.25, 0.3) is 0 Å². The van der Waals surface area contributed by atoms with Crippen LogP contribution >= 0.6 is 12.2 Å². The number of nitrogens with one attached hydrogen (secondary N) is 1. The van der Waals surface area contributed by atoms with Crippen molar-refractivity contribution in [3.05, 3.63) is 53.8 Å². The molecule has 130 valence electrons. The molecule has 2 bridgehead atoms. The van der Waals surface area contributed by atoms with Gasteiger partial charge in [-0.15, -0.1) is 0 Å². The maximum Gasteiger partial charge on any atom is 0.188 e. The Hall–Kier alpha value is -2.34. The van der Waals surface area contributed by atoms with Crippen LogP contribution in [0.3, 0.4) is 0 Å². The van der Waals surface area contributed by atoms with Crippen LogP contribution in [-0.4, -0.2) is 17.4 Å². The van der Waals surface area contributed by atoms with Crippen LogP contribution in [0.4, 0.5) is 10.1 Å². The summed E-state index contributed by atoms with van der Waals surface area (Å²) in [7, 11) is 0. The summed E-state index contributed by atoms with van der Waals surface area (Å²) in [5, 5.41) is 3.78. The zero-order valence-corrected chi connectivity index (χ0v) is 14.9. The molecule has 2 atom stereocenters. The lowest BCUT2D eigenvalue weighted by Gasteiger charge is -2.52. The SMILES string of the molecule is CCOc1cccc2c1O[C@@]1(C)C[C@H]2NC(=S)N1c1ccccc1F. The van der Waals surface area contributed by atoms with Gasteiger partial charge in [-0.1, -0.05) is 24.3 Å². The Bertz CT molecular complexity index is 844. The molecule has 0 radical (unpaired) electrons. The topological polar surface area (TPSA) is 33.7 Å². The van der Waals surface area contributed by atoms with Gasteiger partial charge in [-0.3, -0.25) is 4.90 Å². The van der Waals surface area contributed by atoms with Gasteiger partial charge in [0.05, 0.1) is 18.3 Å². The lowest BCUT2D eigenvalue weighted by molar-refractivity contribution is 0.0452. The number of halogens is 1. The van der Waals surface area contributed by atoms with Crippen molar-refractivity contribution in [3.8, 4) is 11.5 Å². The number of thiocarbonyl (C=S) groups is 1. The van der Waals surface area contributed by atoms with E-state index in [1.54, 1.807) is 23.1 Å². The zero-order valence-electron chi connectivity index (χ0n) is 14.1. The van der Waals surface area contributed by atoms with Crippen LogP contribution in [-0.2, 0) is 0 Å². The number of hydrogen-bond acceptors (Lipinski definition) is 3. The molecular weight excluding hydrogens is 339 g/mol. The molecule has 2 aromatic carbocycles. The van der Waals surface area contributed by atoms with Gasteiger partial charge in [0.15, 0.2) is 22.3 Å². The Morgan fingerprint density at radius 1 is 1.32 bits per heavy atom. The van der Waals surface area contributed by atoms with E-state index >= 15 is 0 Å². The minimum absolute atomic E-state index is 0.00433. The fourth-order valence-electron chi connectivity index (χ4n) is 3.63. The molecule has 0 spiro atoms. The number of fused-ring (bicyclic) bond motifs is 4. The van der Waals surface area contributed by atoms with E-state index in [1.807, 2.05) is 32.0 Å². The van der Waals surface area contributed by atoms with E-state index in [-0.39, 0.29) is 11.9 Å². The second-order valence-electron chi connectivity index (χ2n) is 6.38. The van der Waals surface area contributed by atoms with Gasteiger partial charge in [-0.25, -0.2) is 4.39 Å². The molecule has 1 saturated heterocycles. The summed E-state index contributed by atoms with van der Waals surface area (Å²) in [4.78, 5) is 1.72. The molecule has 2 aromatic rings. The van der Waals surface area contributed by atoms with Gasteiger partial charge >= 0.3 is 0 Å². The second-order valence-corrected chi connectivity index (χ2v) is 6.76. The molecule has 2 aliphatic rings. The highest BCUT2D eigenvalue weighted by molar-refractivity contribution is 7.80. The summed E-state index contributed by atoms with van der Waals surface area (Å²) < 4.78 is 26.5. The smallest absolute Gasteiger partial charge is 0.188 e. The van der Waals surface area contributed by atoms with E-state index in [1.165, 1.54) is 6.07 Å². The molecule has 4 nitrogen and oxygen atoms in total. The van der Waals surface area contributed by atoms with Gasteiger partial charge in [0.1, 0.15) is 5.82 Å². The summed E-state index contributed by atoms with van der Waals surface area (Å²) in [5.41, 5.74) is 0.618. The molecule has 4 rings (SSSR count). The summed E-state index contributed by atoms with van der Waals surface area (Å²) in [5.74, 6) is 1.05. The molecule has 0 saturated carbocycles. The predicted molar refractivity (Wildman–Crippen MR) is 98.6 cm³/mol. The quantitative estimate of drug-likeness (QED) is 0.834. The van der Waals surface area contributed by atoms with Crippen molar-refractivity contribution in [1.29, 1.82) is 0 Å². The monoisotopic (exact) mass is 358 g/mol. The van der Waals surface area contributed by atoms with Crippen LogP contribution in [0, 0.1) is 5.82 Å². The average molecular weight is 358 g/mol. The summed E-state index contributed by atoms with van der Waals surface area (Å²) in [6, 6.07) is 12.4. The fourth-order valence-corrected chi connectivity index (χ4v) is 4.06. The molecule has 2 heterocycles. The van der Waals surface area contributed by atoms with E-state index < -0.39 is 5.72 Å². The number of rotatable bonds is 3. The van der Waals surface area contributed by atoms with Crippen LogP contribution in [0.5, 0.6) is 11.5 Å². The predicted octanol–water partition coefficient (Wildman–Crippen LogP) is 4.16. The Morgan fingerprint density at radius 2 is 2.12 bits per heavy atom. The third kappa shape index (κ3) is 2.52. The van der Waals surface area contributed by atoms with Crippen molar-refractivity contribution >= 4 is 23.0 Å². The fraction of sp³-hybridized carbons (Fsp3) is 0.316. The molecule has 1 fully saturated rings. The number of anilines is 1. The molecule has 1 N–H and O–H groups in total. The van der Waals surface area contributed by atoms with Crippen LogP contribution in [0.25, 0.3) is 0 Å². The molecule has 0 aliphatic carbocycles. The number of ether oxygens (including phenoxy) is 2. The minimum Gasteiger partial charge on any atom is -0.490 e. The van der Waals surface area contributed by atoms with E-state index in [9.17, 15) is 4.39 Å². The average Bonchev–Trinajstić information content (AvgIpc) is 2.57. The van der Waals surface area contributed by atoms with Crippen molar-refractivity contribution in [3.63, 3.8) is 0 Å². The van der Waals surface area contributed by atoms with Gasteiger partial charge in [0, 0.05) is 12.0 Å². The van der Waals surface area contributed by atoms with E-state index in [4.69, 9.17) is 21.7 Å². The summed E-state index contributed by atoms with van der Waals surface area (Å²) in [6.07, 6.45) is 0.643.